The second kappa shape index (κ2) is 9.19. The molecule has 11 rings (SSSR count). The van der Waals surface area contributed by atoms with E-state index in [0.717, 1.165) is 0 Å². The molecular formula is C46H27N. The summed E-state index contributed by atoms with van der Waals surface area (Å²) >= 11 is 0. The summed E-state index contributed by atoms with van der Waals surface area (Å²) in [6.07, 6.45) is 0. The van der Waals surface area contributed by atoms with E-state index in [4.69, 9.17) is 0 Å². The van der Waals surface area contributed by atoms with E-state index in [-0.39, 0.29) is 0 Å². The molecule has 0 saturated heterocycles. The second-order valence-corrected chi connectivity index (χ2v) is 12.9. The summed E-state index contributed by atoms with van der Waals surface area (Å²) < 4.78 is 2.51. The van der Waals surface area contributed by atoms with Gasteiger partial charge in [-0.15, -0.1) is 0 Å². The summed E-state index contributed by atoms with van der Waals surface area (Å²) in [7, 11) is 0. The van der Waals surface area contributed by atoms with Crippen LogP contribution in [0.2, 0.25) is 0 Å². The number of hydrogen-bond donors (Lipinski definition) is 0. The van der Waals surface area contributed by atoms with Crippen LogP contribution in [0.1, 0.15) is 0 Å². The first kappa shape index (κ1) is 25.1. The quantitative estimate of drug-likeness (QED) is 0.176. The van der Waals surface area contributed by atoms with Gasteiger partial charge >= 0.3 is 0 Å². The Morgan fingerprint density at radius 1 is 0.298 bits per heavy atom. The van der Waals surface area contributed by atoms with Gasteiger partial charge in [0.1, 0.15) is 0 Å². The van der Waals surface area contributed by atoms with Crippen molar-refractivity contribution in [2.45, 2.75) is 0 Å². The van der Waals surface area contributed by atoms with Crippen molar-refractivity contribution >= 4 is 81.2 Å². The van der Waals surface area contributed by atoms with E-state index in [1.165, 1.54) is 103 Å². The monoisotopic (exact) mass is 593 g/mol. The lowest BCUT2D eigenvalue weighted by Crippen LogP contribution is -1.86. The van der Waals surface area contributed by atoms with Gasteiger partial charge in [0.2, 0.25) is 0 Å². The van der Waals surface area contributed by atoms with Crippen LogP contribution in [0.5, 0.6) is 0 Å². The molecule has 216 valence electrons. The molecule has 0 amide bonds. The Bertz CT molecular complexity index is 2860. The highest BCUT2D eigenvalue weighted by Crippen LogP contribution is 2.45. The summed E-state index contributed by atoms with van der Waals surface area (Å²) in [6, 6.07) is 60.7. The first-order chi connectivity index (χ1) is 23.3. The number of aromatic nitrogens is 1. The number of nitrogens with zero attached hydrogens (tertiary/aromatic N) is 1. The molecule has 0 atom stereocenters. The van der Waals surface area contributed by atoms with Crippen LogP contribution in [0.25, 0.3) is 103 Å². The average molecular weight is 594 g/mol. The zero-order valence-electron chi connectivity index (χ0n) is 25.5. The number of para-hydroxylation sites is 1. The van der Waals surface area contributed by atoms with Gasteiger partial charge in [-0.25, -0.2) is 0 Å². The smallest absolute Gasteiger partial charge is 0.0620 e. The first-order valence-corrected chi connectivity index (χ1v) is 16.4. The fourth-order valence-electron chi connectivity index (χ4n) is 8.42. The van der Waals surface area contributed by atoms with E-state index in [2.05, 4.69) is 168 Å². The molecule has 2 heterocycles. The number of benzene rings is 9. The molecule has 0 aliphatic heterocycles. The van der Waals surface area contributed by atoms with Crippen molar-refractivity contribution in [1.82, 2.24) is 4.40 Å². The van der Waals surface area contributed by atoms with Crippen LogP contribution < -0.4 is 0 Å². The van der Waals surface area contributed by atoms with E-state index >= 15 is 0 Å². The predicted molar refractivity (Wildman–Crippen MR) is 202 cm³/mol. The van der Waals surface area contributed by atoms with Crippen molar-refractivity contribution in [3.8, 4) is 22.3 Å². The van der Waals surface area contributed by atoms with Gasteiger partial charge in [-0.05, 0) is 89.6 Å². The molecule has 0 spiro atoms. The van der Waals surface area contributed by atoms with Gasteiger partial charge in [-0.1, -0.05) is 140 Å². The fraction of sp³-hybridized carbons (Fsp3) is 0. The number of hydrogen-bond acceptors (Lipinski definition) is 0. The molecular weight excluding hydrogens is 567 g/mol. The van der Waals surface area contributed by atoms with Gasteiger partial charge in [-0.2, -0.15) is 0 Å². The minimum absolute atomic E-state index is 1.25. The lowest BCUT2D eigenvalue weighted by molar-refractivity contribution is 1.37. The van der Waals surface area contributed by atoms with Crippen LogP contribution in [0.3, 0.4) is 0 Å². The van der Waals surface area contributed by atoms with Gasteiger partial charge in [-0.3, -0.25) is 0 Å². The van der Waals surface area contributed by atoms with Gasteiger partial charge in [0.05, 0.1) is 16.6 Å². The predicted octanol–water partition coefficient (Wildman–Crippen LogP) is 12.8. The molecule has 1 heteroatoms. The standard InChI is InChI=1S/C46H27N/c1-3-10-34-28(8-1)18-20-30-26-32(22-24-36(30)34)38-12-6-16-42-44(38)40-14-5-15-41-45-39(13-7-17-43(45)47(42)46(40)41)33-23-25-37-31(27-33)21-19-29-9-2-4-11-35(29)37/h1-27H. The van der Waals surface area contributed by atoms with Gasteiger partial charge in [0.15, 0.2) is 0 Å². The summed E-state index contributed by atoms with van der Waals surface area (Å²) in [5.74, 6) is 0. The maximum atomic E-state index is 2.51. The topological polar surface area (TPSA) is 4.41 Å². The first-order valence-electron chi connectivity index (χ1n) is 16.4. The number of rotatable bonds is 2. The SMILES string of the molecule is c1ccc2c(c1)ccc1cc(-c3cccc4c3c3cccc5c6c(-c7ccc8c(ccc9ccccc98)c7)cccc6n4c35)ccc12. The summed E-state index contributed by atoms with van der Waals surface area (Å²) in [5, 5.41) is 15.6. The van der Waals surface area contributed by atoms with Gasteiger partial charge < -0.3 is 4.40 Å². The van der Waals surface area contributed by atoms with Crippen LogP contribution in [-0.4, -0.2) is 4.40 Å². The Morgan fingerprint density at radius 2 is 0.723 bits per heavy atom. The molecule has 0 radical (unpaired) electrons. The molecule has 11 aromatic rings. The summed E-state index contributed by atoms with van der Waals surface area (Å²) in [4.78, 5) is 0. The molecule has 0 N–H and O–H groups in total. The normalized spacial score (nSPS) is 12.3. The molecule has 0 saturated carbocycles. The molecule has 9 aromatic carbocycles. The lowest BCUT2D eigenvalue weighted by Gasteiger charge is -2.10. The van der Waals surface area contributed by atoms with Crippen molar-refractivity contribution < 1.29 is 0 Å². The maximum absolute atomic E-state index is 2.51. The molecule has 0 fully saturated rings. The zero-order chi connectivity index (χ0) is 30.6. The van der Waals surface area contributed by atoms with Crippen molar-refractivity contribution in [2.75, 3.05) is 0 Å². The third-order valence-electron chi connectivity index (χ3n) is 10.5. The van der Waals surface area contributed by atoms with Gasteiger partial charge in [0, 0.05) is 21.5 Å². The zero-order valence-corrected chi connectivity index (χ0v) is 25.5. The molecule has 47 heavy (non-hydrogen) atoms. The third-order valence-corrected chi connectivity index (χ3v) is 10.5. The van der Waals surface area contributed by atoms with Crippen LogP contribution in [0.15, 0.2) is 164 Å². The molecule has 0 unspecified atom stereocenters. The summed E-state index contributed by atoms with van der Waals surface area (Å²) in [6.45, 7) is 0. The van der Waals surface area contributed by atoms with Crippen LogP contribution in [0.4, 0.5) is 0 Å². The van der Waals surface area contributed by atoms with Crippen molar-refractivity contribution in [1.29, 1.82) is 0 Å². The Morgan fingerprint density at radius 3 is 1.26 bits per heavy atom. The minimum Gasteiger partial charge on any atom is -0.308 e. The fourth-order valence-corrected chi connectivity index (χ4v) is 8.42. The Labute approximate surface area is 270 Å². The van der Waals surface area contributed by atoms with Crippen LogP contribution >= 0.6 is 0 Å². The lowest BCUT2D eigenvalue weighted by atomic mass is 9.93. The molecule has 1 nitrogen and oxygen atoms in total. The average Bonchev–Trinajstić information content (AvgIpc) is 3.67. The highest BCUT2D eigenvalue weighted by Gasteiger charge is 2.21. The Kier molecular flexibility index (Phi) is 4.90. The highest BCUT2D eigenvalue weighted by atomic mass is 14.9. The van der Waals surface area contributed by atoms with E-state index in [0.29, 0.717) is 0 Å². The number of fused-ring (bicyclic) bond motifs is 12. The van der Waals surface area contributed by atoms with E-state index in [1.54, 1.807) is 0 Å². The van der Waals surface area contributed by atoms with E-state index in [1.807, 2.05) is 0 Å². The Hall–Kier alpha value is -6.18. The molecule has 0 bridgehead atoms. The maximum Gasteiger partial charge on any atom is 0.0620 e. The summed E-state index contributed by atoms with van der Waals surface area (Å²) in [5.41, 5.74) is 8.87. The largest absolute Gasteiger partial charge is 0.308 e. The minimum atomic E-state index is 1.25. The van der Waals surface area contributed by atoms with Crippen LogP contribution in [0, 0.1) is 0 Å². The Balaban J connectivity index is 1.16. The van der Waals surface area contributed by atoms with Crippen molar-refractivity contribution in [3.63, 3.8) is 0 Å². The van der Waals surface area contributed by atoms with Crippen LogP contribution in [-0.2, 0) is 0 Å². The molecule has 0 aliphatic carbocycles. The highest BCUT2D eigenvalue weighted by molar-refractivity contribution is 6.28. The van der Waals surface area contributed by atoms with Crippen molar-refractivity contribution in [3.05, 3.63) is 164 Å². The van der Waals surface area contributed by atoms with Crippen molar-refractivity contribution in [2.24, 2.45) is 0 Å². The van der Waals surface area contributed by atoms with E-state index in [9.17, 15) is 0 Å². The second-order valence-electron chi connectivity index (χ2n) is 12.9. The third kappa shape index (κ3) is 3.38. The molecule has 0 aliphatic rings. The van der Waals surface area contributed by atoms with E-state index < -0.39 is 0 Å². The van der Waals surface area contributed by atoms with Gasteiger partial charge in [0.25, 0.3) is 0 Å². The molecule has 2 aromatic heterocycles.